The third-order valence-electron chi connectivity index (χ3n) is 4.52. The van der Waals surface area contributed by atoms with E-state index >= 15 is 0 Å². The van der Waals surface area contributed by atoms with Crippen LogP contribution in [0.1, 0.15) is 45.4 Å². The van der Waals surface area contributed by atoms with Gasteiger partial charge in [0.25, 0.3) is 0 Å². The molecule has 0 unspecified atom stereocenters. The minimum atomic E-state index is -3.44. The van der Waals surface area contributed by atoms with Crippen LogP contribution in [0.25, 0.3) is 0 Å². The zero-order valence-corrected chi connectivity index (χ0v) is 13.1. The second kappa shape index (κ2) is 6.34. The molecule has 1 N–H and O–H groups in total. The molecule has 2 fully saturated rings. The number of nitrogens with zero attached hydrogens (tertiary/aromatic N) is 1. The third-order valence-corrected chi connectivity index (χ3v) is 6.24. The van der Waals surface area contributed by atoms with Crippen LogP contribution in [0.2, 0.25) is 0 Å². The summed E-state index contributed by atoms with van der Waals surface area (Å²) in [5.74, 6) is -1.94. The number of fused-ring (bicyclic) bond motifs is 1. The van der Waals surface area contributed by atoms with Gasteiger partial charge in [-0.2, -0.15) is 0 Å². The Kier molecular flexibility index (Phi) is 4.91. The van der Waals surface area contributed by atoms with Crippen molar-refractivity contribution >= 4 is 21.7 Å². The van der Waals surface area contributed by atoms with E-state index in [0.29, 0.717) is 12.8 Å². The number of carbonyl (C=O) groups is 2. The third kappa shape index (κ3) is 3.56. The Morgan fingerprint density at radius 1 is 1.24 bits per heavy atom. The molecule has 2 rings (SSSR count). The molecule has 0 aromatic heterocycles. The molecule has 0 spiro atoms. The van der Waals surface area contributed by atoms with E-state index in [0.717, 1.165) is 25.7 Å². The second-order valence-electron chi connectivity index (χ2n) is 6.09. The van der Waals surface area contributed by atoms with Crippen LogP contribution in [-0.2, 0) is 19.4 Å². The average molecular weight is 317 g/mol. The van der Waals surface area contributed by atoms with Crippen LogP contribution in [0.15, 0.2) is 0 Å². The largest absolute Gasteiger partial charge is 0.480 e. The highest BCUT2D eigenvalue weighted by molar-refractivity contribution is 7.92. The van der Waals surface area contributed by atoms with Crippen molar-refractivity contribution in [2.75, 3.05) is 11.5 Å². The number of likely N-dealkylation sites (tertiary alicyclic amines) is 1. The lowest BCUT2D eigenvalue weighted by Gasteiger charge is -2.33. The van der Waals surface area contributed by atoms with Crippen LogP contribution >= 0.6 is 0 Å². The molecule has 0 aromatic rings. The fourth-order valence-corrected chi connectivity index (χ4v) is 4.98. The van der Waals surface area contributed by atoms with E-state index in [1.807, 2.05) is 0 Å². The first-order valence-electron chi connectivity index (χ1n) is 7.60. The van der Waals surface area contributed by atoms with Gasteiger partial charge in [-0.25, -0.2) is 13.2 Å². The Bertz CT molecular complexity index is 515. The van der Waals surface area contributed by atoms with Gasteiger partial charge in [0.1, 0.15) is 11.8 Å². The summed E-state index contributed by atoms with van der Waals surface area (Å²) in [5.41, 5.74) is 0. The zero-order chi connectivity index (χ0) is 15.6. The molecule has 1 aliphatic carbocycles. The predicted molar refractivity (Wildman–Crippen MR) is 77.6 cm³/mol. The number of hydrogen-bond acceptors (Lipinski definition) is 4. The first kappa shape index (κ1) is 16.3. The lowest BCUT2D eigenvalue weighted by Crippen LogP contribution is -2.48. The highest BCUT2D eigenvalue weighted by atomic mass is 32.2. The lowest BCUT2D eigenvalue weighted by molar-refractivity contribution is -0.148. The van der Waals surface area contributed by atoms with Gasteiger partial charge in [0.15, 0.2) is 9.84 Å². The standard InChI is InChI=1S/C14H23NO5S/c1-2-7-21(19,20)9-13(16)15-11-6-4-3-5-10(11)8-12(15)14(17)18/h10-12H,2-9H2,1H3,(H,17,18)/t10-,11+,12-/m0/s1. The van der Waals surface area contributed by atoms with E-state index < -0.39 is 33.5 Å². The van der Waals surface area contributed by atoms with Crippen LogP contribution in [0.5, 0.6) is 0 Å². The minimum absolute atomic E-state index is 0.0294. The number of aliphatic carboxylic acids is 1. The molecule has 1 heterocycles. The van der Waals surface area contributed by atoms with Crippen molar-refractivity contribution in [3.63, 3.8) is 0 Å². The van der Waals surface area contributed by atoms with Crippen molar-refractivity contribution in [2.24, 2.45) is 5.92 Å². The summed E-state index contributed by atoms with van der Waals surface area (Å²) in [6.45, 7) is 1.75. The summed E-state index contributed by atoms with van der Waals surface area (Å²) in [6.07, 6.45) is 4.67. The summed E-state index contributed by atoms with van der Waals surface area (Å²) < 4.78 is 23.7. The molecule has 1 saturated heterocycles. The highest BCUT2D eigenvalue weighted by Crippen LogP contribution is 2.39. The van der Waals surface area contributed by atoms with Crippen LogP contribution in [-0.4, -0.2) is 53.9 Å². The van der Waals surface area contributed by atoms with Crippen molar-refractivity contribution < 1.29 is 23.1 Å². The quantitative estimate of drug-likeness (QED) is 0.818. The molecule has 2 aliphatic rings. The molecular weight excluding hydrogens is 294 g/mol. The van der Waals surface area contributed by atoms with Crippen molar-refractivity contribution in [3.05, 3.63) is 0 Å². The number of sulfone groups is 1. The monoisotopic (exact) mass is 317 g/mol. The molecule has 120 valence electrons. The second-order valence-corrected chi connectivity index (χ2v) is 8.28. The predicted octanol–water partition coefficient (Wildman–Crippen LogP) is 1.06. The smallest absolute Gasteiger partial charge is 0.326 e. The zero-order valence-electron chi connectivity index (χ0n) is 12.3. The van der Waals surface area contributed by atoms with Crippen LogP contribution < -0.4 is 0 Å². The number of carboxylic acid groups (broad SMARTS) is 1. The molecular formula is C14H23NO5S. The van der Waals surface area contributed by atoms with Crippen molar-refractivity contribution in [1.29, 1.82) is 0 Å². The SMILES string of the molecule is CCCS(=O)(=O)CC(=O)N1[C@@H]2CCCC[C@H]2C[C@H]1C(=O)O. The first-order valence-corrected chi connectivity index (χ1v) is 9.42. The maximum Gasteiger partial charge on any atom is 0.326 e. The molecule has 0 radical (unpaired) electrons. The average Bonchev–Trinajstić information content (AvgIpc) is 2.77. The molecule has 0 aromatic carbocycles. The fraction of sp³-hybridized carbons (Fsp3) is 0.857. The number of rotatable bonds is 5. The molecule has 0 bridgehead atoms. The van der Waals surface area contributed by atoms with Crippen molar-refractivity contribution in [2.45, 2.75) is 57.5 Å². The summed E-state index contributed by atoms with van der Waals surface area (Å²) in [7, 11) is -3.44. The molecule has 1 aliphatic heterocycles. The van der Waals surface area contributed by atoms with E-state index in [4.69, 9.17) is 0 Å². The Labute approximate surface area is 125 Å². The molecule has 7 heteroatoms. The van der Waals surface area contributed by atoms with Gasteiger partial charge in [-0.1, -0.05) is 19.8 Å². The number of carboxylic acids is 1. The first-order chi connectivity index (χ1) is 9.85. The van der Waals surface area contributed by atoms with Crippen molar-refractivity contribution in [1.82, 2.24) is 4.90 Å². The van der Waals surface area contributed by atoms with Gasteiger partial charge in [0, 0.05) is 6.04 Å². The van der Waals surface area contributed by atoms with Crippen molar-refractivity contribution in [3.8, 4) is 0 Å². The van der Waals surface area contributed by atoms with E-state index in [1.165, 1.54) is 4.90 Å². The van der Waals surface area contributed by atoms with Gasteiger partial charge >= 0.3 is 5.97 Å². The van der Waals surface area contributed by atoms with Gasteiger partial charge < -0.3 is 10.0 Å². The Balaban J connectivity index is 2.17. The Morgan fingerprint density at radius 2 is 1.90 bits per heavy atom. The van der Waals surface area contributed by atoms with Gasteiger partial charge in [-0.3, -0.25) is 4.79 Å². The van der Waals surface area contributed by atoms with E-state index in [2.05, 4.69) is 0 Å². The summed E-state index contributed by atoms with van der Waals surface area (Å²) in [5, 5.41) is 9.34. The molecule has 1 amide bonds. The van der Waals surface area contributed by atoms with Crippen LogP contribution in [0.3, 0.4) is 0 Å². The van der Waals surface area contributed by atoms with E-state index in [-0.39, 0.29) is 17.7 Å². The molecule has 3 atom stereocenters. The highest BCUT2D eigenvalue weighted by Gasteiger charge is 2.47. The maximum absolute atomic E-state index is 12.4. The number of hydrogen-bond donors (Lipinski definition) is 1. The molecule has 1 saturated carbocycles. The van der Waals surface area contributed by atoms with Gasteiger partial charge in [0.05, 0.1) is 5.75 Å². The van der Waals surface area contributed by atoms with Gasteiger partial charge in [-0.05, 0) is 31.6 Å². The lowest BCUT2D eigenvalue weighted by atomic mass is 9.85. The Morgan fingerprint density at radius 3 is 2.52 bits per heavy atom. The van der Waals surface area contributed by atoms with Gasteiger partial charge in [0.2, 0.25) is 5.91 Å². The van der Waals surface area contributed by atoms with E-state index in [9.17, 15) is 23.1 Å². The topological polar surface area (TPSA) is 91.8 Å². The molecule has 21 heavy (non-hydrogen) atoms. The summed E-state index contributed by atoms with van der Waals surface area (Å²) >= 11 is 0. The van der Waals surface area contributed by atoms with E-state index in [1.54, 1.807) is 6.92 Å². The Hall–Kier alpha value is -1.11. The molecule has 6 nitrogen and oxygen atoms in total. The summed E-state index contributed by atoms with van der Waals surface area (Å²) in [6, 6.07) is -0.952. The fourth-order valence-electron chi connectivity index (χ4n) is 3.69. The number of carbonyl (C=O) groups excluding carboxylic acids is 1. The van der Waals surface area contributed by atoms with Gasteiger partial charge in [-0.15, -0.1) is 0 Å². The van der Waals surface area contributed by atoms with Crippen LogP contribution in [0, 0.1) is 5.92 Å². The minimum Gasteiger partial charge on any atom is -0.480 e. The summed E-state index contributed by atoms with van der Waals surface area (Å²) in [4.78, 5) is 25.2. The normalized spacial score (nSPS) is 29.2. The maximum atomic E-state index is 12.4. The number of amides is 1. The van der Waals surface area contributed by atoms with Crippen LogP contribution in [0.4, 0.5) is 0 Å².